The number of unbranched alkanes of at least 4 members (excludes halogenated alkanes) is 6. The first-order valence-electron chi connectivity index (χ1n) is 10.4. The summed E-state index contributed by atoms with van der Waals surface area (Å²) in [7, 11) is 0. The number of benzene rings is 2. The zero-order chi connectivity index (χ0) is 22.5. The second kappa shape index (κ2) is 12.9. The number of hydrogen-bond donors (Lipinski definition) is 1. The molecule has 0 saturated heterocycles. The Morgan fingerprint density at radius 1 is 0.806 bits per heavy atom. The van der Waals surface area contributed by atoms with Gasteiger partial charge in [0.05, 0.1) is 28.1 Å². The molecule has 0 aromatic heterocycles. The monoisotopic (exact) mass is 429 g/mol. The van der Waals surface area contributed by atoms with Gasteiger partial charge < -0.3 is 10.1 Å². The van der Waals surface area contributed by atoms with E-state index in [9.17, 15) is 25.0 Å². The third-order valence-electron chi connectivity index (χ3n) is 4.70. The highest BCUT2D eigenvalue weighted by Gasteiger charge is 2.19. The normalized spacial score (nSPS) is 10.5. The molecule has 9 nitrogen and oxygen atoms in total. The van der Waals surface area contributed by atoms with Crippen molar-refractivity contribution in [2.24, 2.45) is 0 Å². The number of non-ortho nitro benzene ring substituents is 2. The zero-order valence-corrected chi connectivity index (χ0v) is 17.3. The van der Waals surface area contributed by atoms with Crippen molar-refractivity contribution in [2.75, 3.05) is 13.2 Å². The number of hydrogen-bond acceptors (Lipinski definition) is 6. The first-order valence-corrected chi connectivity index (χ1v) is 10.4. The second-order valence-corrected chi connectivity index (χ2v) is 7.14. The van der Waals surface area contributed by atoms with Crippen LogP contribution in [0.3, 0.4) is 0 Å². The number of carbonyl (C=O) groups excluding carboxylic acids is 1. The first-order chi connectivity index (χ1) is 15.0. The lowest BCUT2D eigenvalue weighted by atomic mass is 10.1. The molecule has 1 N–H and O–H groups in total. The highest BCUT2D eigenvalue weighted by molar-refractivity contribution is 5.95. The molecule has 9 heteroatoms. The molecule has 166 valence electrons. The van der Waals surface area contributed by atoms with E-state index in [4.69, 9.17) is 4.74 Å². The fourth-order valence-electron chi connectivity index (χ4n) is 3.06. The number of rotatable bonds is 14. The Balaban J connectivity index is 1.56. The minimum Gasteiger partial charge on any atom is -0.494 e. The summed E-state index contributed by atoms with van der Waals surface area (Å²) in [5.74, 6) is 0.342. The molecule has 0 bridgehead atoms. The highest BCUT2D eigenvalue weighted by atomic mass is 16.6. The van der Waals surface area contributed by atoms with Crippen LogP contribution in [-0.2, 0) is 0 Å². The SMILES string of the molecule is O=C(NCCCCCCCCCOc1ccccc1)c1cc([N+](=O)[O-])cc([N+](=O)[O-])c1. The maximum Gasteiger partial charge on any atom is 0.277 e. The van der Waals surface area contributed by atoms with Crippen LogP contribution in [0.25, 0.3) is 0 Å². The smallest absolute Gasteiger partial charge is 0.277 e. The van der Waals surface area contributed by atoms with Crippen molar-refractivity contribution in [1.82, 2.24) is 5.32 Å². The van der Waals surface area contributed by atoms with E-state index < -0.39 is 27.1 Å². The van der Waals surface area contributed by atoms with Crippen molar-refractivity contribution >= 4 is 17.3 Å². The van der Waals surface area contributed by atoms with Gasteiger partial charge in [0, 0.05) is 18.7 Å². The highest BCUT2D eigenvalue weighted by Crippen LogP contribution is 2.22. The molecule has 0 spiro atoms. The van der Waals surface area contributed by atoms with Crippen molar-refractivity contribution in [3.05, 3.63) is 74.3 Å². The van der Waals surface area contributed by atoms with Crippen molar-refractivity contribution in [2.45, 2.75) is 44.9 Å². The van der Waals surface area contributed by atoms with Gasteiger partial charge in [-0.1, -0.05) is 50.3 Å². The molecule has 0 radical (unpaired) electrons. The molecule has 0 heterocycles. The van der Waals surface area contributed by atoms with Crippen LogP contribution in [0, 0.1) is 20.2 Å². The van der Waals surface area contributed by atoms with Gasteiger partial charge in [-0.15, -0.1) is 0 Å². The summed E-state index contributed by atoms with van der Waals surface area (Å²) in [5.41, 5.74) is -1.04. The van der Waals surface area contributed by atoms with Crippen molar-refractivity contribution < 1.29 is 19.4 Å². The average Bonchev–Trinajstić information content (AvgIpc) is 2.77. The molecule has 0 fully saturated rings. The molecule has 2 aromatic carbocycles. The van der Waals surface area contributed by atoms with Crippen molar-refractivity contribution in [1.29, 1.82) is 0 Å². The molecule has 1 amide bonds. The fraction of sp³-hybridized carbons (Fsp3) is 0.409. The van der Waals surface area contributed by atoms with Crippen LogP contribution in [0.15, 0.2) is 48.5 Å². The van der Waals surface area contributed by atoms with E-state index >= 15 is 0 Å². The lowest BCUT2D eigenvalue weighted by molar-refractivity contribution is -0.394. The number of amides is 1. The lowest BCUT2D eigenvalue weighted by Crippen LogP contribution is -2.24. The molecule has 31 heavy (non-hydrogen) atoms. The van der Waals surface area contributed by atoms with Gasteiger partial charge in [-0.3, -0.25) is 25.0 Å². The summed E-state index contributed by atoms with van der Waals surface area (Å²) in [6, 6.07) is 12.7. The Bertz CT molecular complexity index is 841. The van der Waals surface area contributed by atoms with Gasteiger partial charge in [0.1, 0.15) is 5.75 Å². The van der Waals surface area contributed by atoms with E-state index in [1.165, 1.54) is 0 Å². The Labute approximate surface area is 180 Å². The van der Waals surface area contributed by atoms with Gasteiger partial charge in [0.2, 0.25) is 0 Å². The molecule has 0 aliphatic rings. The predicted molar refractivity (Wildman–Crippen MR) is 116 cm³/mol. The lowest BCUT2D eigenvalue weighted by Gasteiger charge is -2.07. The van der Waals surface area contributed by atoms with Gasteiger partial charge in [-0.25, -0.2) is 0 Å². The van der Waals surface area contributed by atoms with E-state index in [0.717, 1.165) is 68.9 Å². The van der Waals surface area contributed by atoms with Gasteiger partial charge in [-0.05, 0) is 25.0 Å². The van der Waals surface area contributed by atoms with Crippen LogP contribution in [0.1, 0.15) is 55.3 Å². The summed E-state index contributed by atoms with van der Waals surface area (Å²) < 4.78 is 5.65. The molecule has 0 aliphatic carbocycles. The van der Waals surface area contributed by atoms with E-state index in [0.29, 0.717) is 13.2 Å². The molecular formula is C22H27N3O6. The van der Waals surface area contributed by atoms with Gasteiger partial charge in [-0.2, -0.15) is 0 Å². The number of nitrogens with zero attached hydrogens (tertiary/aromatic N) is 2. The fourth-order valence-corrected chi connectivity index (χ4v) is 3.06. The molecule has 0 atom stereocenters. The molecular weight excluding hydrogens is 402 g/mol. The van der Waals surface area contributed by atoms with Gasteiger partial charge in [0.25, 0.3) is 17.3 Å². The summed E-state index contributed by atoms with van der Waals surface area (Å²) >= 11 is 0. The van der Waals surface area contributed by atoms with Crippen LogP contribution in [0.5, 0.6) is 5.75 Å². The van der Waals surface area contributed by atoms with E-state index in [-0.39, 0.29) is 5.56 Å². The summed E-state index contributed by atoms with van der Waals surface area (Å²) in [4.78, 5) is 32.5. The molecule has 2 aromatic rings. The topological polar surface area (TPSA) is 125 Å². The average molecular weight is 429 g/mol. The van der Waals surface area contributed by atoms with Crippen LogP contribution in [0.2, 0.25) is 0 Å². The standard InChI is InChI=1S/C22H27N3O6/c26-22(18-15-19(24(27)28)17-20(16-18)25(29)30)23-13-9-4-2-1-3-5-10-14-31-21-11-7-6-8-12-21/h6-8,11-12,15-17H,1-5,9-10,13-14H2,(H,23,26). The molecule has 0 unspecified atom stereocenters. The summed E-state index contributed by atoms with van der Waals surface area (Å²) in [5, 5.41) is 24.5. The number of para-hydroxylation sites is 1. The Hall–Kier alpha value is -3.49. The van der Waals surface area contributed by atoms with Crippen molar-refractivity contribution in [3.8, 4) is 5.75 Å². The van der Waals surface area contributed by atoms with Crippen LogP contribution < -0.4 is 10.1 Å². The minimum atomic E-state index is -0.752. The molecule has 2 rings (SSSR count). The Kier molecular flexibility index (Phi) is 9.93. The van der Waals surface area contributed by atoms with E-state index in [1.54, 1.807) is 0 Å². The van der Waals surface area contributed by atoms with E-state index in [1.807, 2.05) is 30.3 Å². The number of nitrogens with one attached hydrogen (secondary N) is 1. The summed E-state index contributed by atoms with van der Waals surface area (Å²) in [6.45, 7) is 1.13. The van der Waals surface area contributed by atoms with Crippen LogP contribution in [0.4, 0.5) is 11.4 Å². The van der Waals surface area contributed by atoms with Crippen molar-refractivity contribution in [3.63, 3.8) is 0 Å². The van der Waals surface area contributed by atoms with Gasteiger partial charge in [0.15, 0.2) is 0 Å². The number of nitro groups is 2. The number of ether oxygens (including phenoxy) is 1. The maximum absolute atomic E-state index is 12.2. The van der Waals surface area contributed by atoms with E-state index in [2.05, 4.69) is 5.32 Å². The number of carbonyl (C=O) groups is 1. The second-order valence-electron chi connectivity index (χ2n) is 7.14. The minimum absolute atomic E-state index is 0.0846. The Morgan fingerprint density at radius 2 is 1.35 bits per heavy atom. The first kappa shape index (κ1) is 23.8. The predicted octanol–water partition coefficient (Wildman–Crippen LogP) is 5.04. The number of nitro benzene ring substituents is 2. The maximum atomic E-state index is 12.2. The molecule has 0 saturated carbocycles. The Morgan fingerprint density at radius 3 is 1.94 bits per heavy atom. The third kappa shape index (κ3) is 8.81. The van der Waals surface area contributed by atoms with Gasteiger partial charge >= 0.3 is 0 Å². The molecule has 0 aliphatic heterocycles. The van der Waals surface area contributed by atoms with Crippen LogP contribution in [-0.4, -0.2) is 28.9 Å². The summed E-state index contributed by atoms with van der Waals surface area (Å²) in [6.07, 6.45) is 7.14. The zero-order valence-electron chi connectivity index (χ0n) is 17.3. The third-order valence-corrected chi connectivity index (χ3v) is 4.70. The largest absolute Gasteiger partial charge is 0.494 e. The quantitative estimate of drug-likeness (QED) is 0.255. The van der Waals surface area contributed by atoms with Crippen LogP contribution >= 0.6 is 0 Å².